The van der Waals surface area contributed by atoms with Crippen LogP contribution in [0.15, 0.2) is 30.7 Å². The third-order valence-corrected chi connectivity index (χ3v) is 3.48. The molecule has 0 amide bonds. The molecule has 0 aliphatic heterocycles. The third-order valence-electron chi connectivity index (χ3n) is 3.02. The van der Waals surface area contributed by atoms with Crippen molar-refractivity contribution in [1.29, 1.82) is 0 Å². The van der Waals surface area contributed by atoms with Crippen LogP contribution in [0.25, 0.3) is 5.65 Å². The molecule has 1 unspecified atom stereocenters. The number of aryl methyl sites for hydroxylation is 1. The van der Waals surface area contributed by atoms with Gasteiger partial charge in [-0.2, -0.15) is 0 Å². The number of rotatable bonds is 3. The molecule has 1 atom stereocenters. The summed E-state index contributed by atoms with van der Waals surface area (Å²) in [7, 11) is 0. The Bertz CT molecular complexity index is 713. The number of imidazole rings is 1. The summed E-state index contributed by atoms with van der Waals surface area (Å²) >= 11 is 3.48. The maximum Gasteiger partial charge on any atom is 0.140 e. The van der Waals surface area contributed by atoms with Gasteiger partial charge >= 0.3 is 0 Å². The van der Waals surface area contributed by atoms with Gasteiger partial charge in [-0.15, -0.1) is 5.10 Å². The molecule has 98 valence electrons. The highest BCUT2D eigenvalue weighted by Crippen LogP contribution is 2.18. The molecule has 0 bridgehead atoms. The number of nitrogens with zero attached hydrogens (tertiary/aromatic N) is 5. The van der Waals surface area contributed by atoms with Crippen LogP contribution < -0.4 is 0 Å². The zero-order chi connectivity index (χ0) is 13.4. The fourth-order valence-electron chi connectivity index (χ4n) is 2.02. The monoisotopic (exact) mass is 319 g/mol. The molecule has 0 spiro atoms. The molecule has 3 heterocycles. The van der Waals surface area contributed by atoms with Crippen LogP contribution in [-0.2, 0) is 6.54 Å². The number of pyridine rings is 1. The Kier molecular flexibility index (Phi) is 3.10. The summed E-state index contributed by atoms with van der Waals surface area (Å²) in [6.07, 6.45) is 5.98. The molecule has 3 aromatic rings. The fourth-order valence-corrected chi connectivity index (χ4v) is 2.23. The summed E-state index contributed by atoms with van der Waals surface area (Å²) in [5, 5.41) is 8.23. The largest absolute Gasteiger partial charge is 0.307 e. The Hall–Kier alpha value is -1.69. The Morgan fingerprint density at radius 1 is 1.37 bits per heavy atom. The standard InChI is InChI=1S/C13H14BrN5/c1-9-4-3-5-18-6-11(15-13(9)18)7-19-8-12(10(2)14)16-17-19/h3-6,8,10H,7H2,1-2H3. The quantitative estimate of drug-likeness (QED) is 0.697. The molecule has 0 N–H and O–H groups in total. The van der Waals surface area contributed by atoms with Crippen LogP contribution in [0.3, 0.4) is 0 Å². The normalized spacial score (nSPS) is 13.0. The van der Waals surface area contributed by atoms with Gasteiger partial charge in [-0.05, 0) is 25.5 Å². The minimum Gasteiger partial charge on any atom is -0.307 e. The van der Waals surface area contributed by atoms with E-state index in [0.717, 1.165) is 17.0 Å². The number of hydrogen-bond donors (Lipinski definition) is 0. The smallest absolute Gasteiger partial charge is 0.140 e. The number of alkyl halides is 1. The minimum atomic E-state index is 0.213. The summed E-state index contributed by atoms with van der Waals surface area (Å²) in [5.41, 5.74) is 4.07. The van der Waals surface area contributed by atoms with E-state index in [9.17, 15) is 0 Å². The van der Waals surface area contributed by atoms with E-state index in [0.29, 0.717) is 6.54 Å². The molecule has 0 aromatic carbocycles. The van der Waals surface area contributed by atoms with E-state index in [1.807, 2.05) is 40.7 Å². The topological polar surface area (TPSA) is 48.0 Å². The van der Waals surface area contributed by atoms with Crippen molar-refractivity contribution in [3.63, 3.8) is 0 Å². The molecule has 19 heavy (non-hydrogen) atoms. The van der Waals surface area contributed by atoms with Crippen molar-refractivity contribution in [1.82, 2.24) is 24.4 Å². The van der Waals surface area contributed by atoms with E-state index in [2.05, 4.69) is 44.2 Å². The number of fused-ring (bicyclic) bond motifs is 1. The maximum absolute atomic E-state index is 4.62. The first-order valence-corrected chi connectivity index (χ1v) is 7.02. The average Bonchev–Trinajstić information content (AvgIpc) is 2.96. The van der Waals surface area contributed by atoms with E-state index >= 15 is 0 Å². The van der Waals surface area contributed by atoms with E-state index in [1.165, 1.54) is 5.56 Å². The van der Waals surface area contributed by atoms with Gasteiger partial charge in [-0.3, -0.25) is 0 Å². The second-order valence-electron chi connectivity index (χ2n) is 4.61. The Balaban J connectivity index is 1.90. The van der Waals surface area contributed by atoms with Gasteiger partial charge in [0, 0.05) is 12.4 Å². The van der Waals surface area contributed by atoms with E-state index < -0.39 is 0 Å². The second-order valence-corrected chi connectivity index (χ2v) is 5.98. The molecule has 6 heteroatoms. The lowest BCUT2D eigenvalue weighted by molar-refractivity contribution is 0.640. The van der Waals surface area contributed by atoms with Crippen molar-refractivity contribution in [3.8, 4) is 0 Å². The van der Waals surface area contributed by atoms with Crippen LogP contribution in [0.1, 0.15) is 28.7 Å². The van der Waals surface area contributed by atoms with Gasteiger partial charge in [-0.1, -0.05) is 27.2 Å². The molecule has 5 nitrogen and oxygen atoms in total. The number of aromatic nitrogens is 5. The van der Waals surface area contributed by atoms with Gasteiger partial charge in [0.25, 0.3) is 0 Å². The molecule has 0 fully saturated rings. The van der Waals surface area contributed by atoms with Crippen molar-refractivity contribution in [3.05, 3.63) is 47.7 Å². The van der Waals surface area contributed by atoms with E-state index in [1.54, 1.807) is 0 Å². The zero-order valence-corrected chi connectivity index (χ0v) is 12.4. The van der Waals surface area contributed by atoms with Crippen LogP contribution >= 0.6 is 15.9 Å². The predicted octanol–water partition coefficient (Wildman–Crippen LogP) is 2.74. The summed E-state index contributed by atoms with van der Waals surface area (Å²) in [5.74, 6) is 0. The average molecular weight is 320 g/mol. The van der Waals surface area contributed by atoms with Gasteiger partial charge in [0.1, 0.15) is 5.65 Å². The van der Waals surface area contributed by atoms with Crippen LogP contribution in [0.2, 0.25) is 0 Å². The van der Waals surface area contributed by atoms with Gasteiger partial charge in [0.05, 0.1) is 29.0 Å². The van der Waals surface area contributed by atoms with Crippen LogP contribution in [0.4, 0.5) is 0 Å². The van der Waals surface area contributed by atoms with Crippen LogP contribution in [-0.4, -0.2) is 24.4 Å². The molecule has 0 saturated heterocycles. The molecule has 0 radical (unpaired) electrons. The zero-order valence-electron chi connectivity index (χ0n) is 10.8. The second kappa shape index (κ2) is 4.77. The SMILES string of the molecule is Cc1cccn2cc(Cn3cc(C(C)Br)nn3)nc12. The fraction of sp³-hybridized carbons (Fsp3) is 0.308. The lowest BCUT2D eigenvalue weighted by Crippen LogP contribution is -2.00. The highest BCUT2D eigenvalue weighted by molar-refractivity contribution is 9.09. The Morgan fingerprint density at radius 2 is 2.21 bits per heavy atom. The highest BCUT2D eigenvalue weighted by Gasteiger charge is 2.08. The lowest BCUT2D eigenvalue weighted by Gasteiger charge is -1.95. The molecule has 0 aliphatic rings. The van der Waals surface area contributed by atoms with Crippen LogP contribution in [0.5, 0.6) is 0 Å². The molecular formula is C13H14BrN5. The van der Waals surface area contributed by atoms with E-state index in [-0.39, 0.29) is 4.83 Å². The molecule has 3 aromatic heterocycles. The number of hydrogen-bond acceptors (Lipinski definition) is 3. The van der Waals surface area contributed by atoms with E-state index in [4.69, 9.17) is 0 Å². The molecule has 0 saturated carbocycles. The molecule has 3 rings (SSSR count). The summed E-state index contributed by atoms with van der Waals surface area (Å²) in [6.45, 7) is 4.72. The first-order valence-electron chi connectivity index (χ1n) is 6.11. The van der Waals surface area contributed by atoms with Gasteiger partial charge in [0.2, 0.25) is 0 Å². The van der Waals surface area contributed by atoms with Crippen molar-refractivity contribution in [2.24, 2.45) is 0 Å². The number of halogens is 1. The van der Waals surface area contributed by atoms with Gasteiger partial charge in [0.15, 0.2) is 0 Å². The summed E-state index contributed by atoms with van der Waals surface area (Å²) in [6, 6.07) is 4.08. The van der Waals surface area contributed by atoms with Crippen molar-refractivity contribution < 1.29 is 0 Å². The molecular weight excluding hydrogens is 306 g/mol. The maximum atomic E-state index is 4.62. The van der Waals surface area contributed by atoms with Gasteiger partial charge < -0.3 is 4.40 Å². The Labute approximate surface area is 119 Å². The summed E-state index contributed by atoms with van der Waals surface area (Å²) < 4.78 is 3.85. The lowest BCUT2D eigenvalue weighted by atomic mass is 10.3. The van der Waals surface area contributed by atoms with Crippen molar-refractivity contribution in [2.75, 3.05) is 0 Å². The van der Waals surface area contributed by atoms with Crippen molar-refractivity contribution in [2.45, 2.75) is 25.2 Å². The first-order chi connectivity index (χ1) is 9.13. The van der Waals surface area contributed by atoms with Crippen LogP contribution in [0, 0.1) is 6.92 Å². The first kappa shape index (κ1) is 12.3. The Morgan fingerprint density at radius 3 is 2.89 bits per heavy atom. The predicted molar refractivity (Wildman–Crippen MR) is 76.4 cm³/mol. The van der Waals surface area contributed by atoms with Gasteiger partial charge in [-0.25, -0.2) is 9.67 Å². The van der Waals surface area contributed by atoms with Crippen molar-refractivity contribution >= 4 is 21.6 Å². The third kappa shape index (κ3) is 2.40. The highest BCUT2D eigenvalue weighted by atomic mass is 79.9. The minimum absolute atomic E-state index is 0.213. The summed E-state index contributed by atoms with van der Waals surface area (Å²) in [4.78, 5) is 4.84. The molecule has 0 aliphatic carbocycles.